The van der Waals surface area contributed by atoms with E-state index in [9.17, 15) is 14.9 Å². The number of hydrogen-bond acceptors (Lipinski definition) is 7. The quantitative estimate of drug-likeness (QED) is 0.204. The van der Waals surface area contributed by atoms with Crippen molar-refractivity contribution in [3.05, 3.63) is 88.5 Å². The molecule has 0 saturated carbocycles. The highest BCUT2D eigenvalue weighted by Gasteiger charge is 2.23. The lowest BCUT2D eigenvalue weighted by Gasteiger charge is -2.15. The summed E-state index contributed by atoms with van der Waals surface area (Å²) in [6, 6.07) is 21.7. The molecule has 0 aliphatic heterocycles. The summed E-state index contributed by atoms with van der Waals surface area (Å²) in [5.41, 5.74) is 2.97. The number of aryl methyl sites for hydroxylation is 1. The van der Waals surface area contributed by atoms with Crippen molar-refractivity contribution in [3.8, 4) is 22.8 Å². The summed E-state index contributed by atoms with van der Waals surface area (Å²) in [5.74, 6) is 0.633. The molecule has 0 saturated heterocycles. The molecular weight excluding hydrogens is 466 g/mol. The Morgan fingerprint density at radius 1 is 1.09 bits per heavy atom. The SMILES string of the molecule is COc1ccc([N+](=O)[O-])cc1NC(=O)C(C)Sc1nnc(-c2ccccc2)n1-c1ccc(C)cc1. The number of anilines is 1. The maximum atomic E-state index is 13.0. The van der Waals surface area contributed by atoms with Crippen molar-refractivity contribution in [2.45, 2.75) is 24.3 Å². The van der Waals surface area contributed by atoms with Gasteiger partial charge in [0, 0.05) is 23.4 Å². The second-order valence-corrected chi connectivity index (χ2v) is 9.04. The number of rotatable bonds is 8. The smallest absolute Gasteiger partial charge is 0.271 e. The topological polar surface area (TPSA) is 112 Å². The molecule has 0 bridgehead atoms. The van der Waals surface area contributed by atoms with Crippen molar-refractivity contribution in [2.75, 3.05) is 12.4 Å². The third kappa shape index (κ3) is 5.33. The standard InChI is InChI=1S/C25H23N5O4S/c1-16-9-11-19(12-10-16)29-23(18-7-5-4-6-8-18)27-28-25(29)35-17(2)24(31)26-21-15-20(30(32)33)13-14-22(21)34-3/h4-15,17H,1-3H3,(H,26,31). The average molecular weight is 490 g/mol. The van der Waals surface area contributed by atoms with E-state index < -0.39 is 10.2 Å². The van der Waals surface area contributed by atoms with Gasteiger partial charge in [-0.1, -0.05) is 59.8 Å². The fourth-order valence-electron chi connectivity index (χ4n) is 3.40. The van der Waals surface area contributed by atoms with Crippen molar-refractivity contribution in [1.29, 1.82) is 0 Å². The zero-order chi connectivity index (χ0) is 24.9. The predicted molar refractivity (Wildman–Crippen MR) is 135 cm³/mol. The summed E-state index contributed by atoms with van der Waals surface area (Å²) in [6.07, 6.45) is 0. The van der Waals surface area contributed by atoms with Crippen LogP contribution in [0.1, 0.15) is 12.5 Å². The van der Waals surface area contributed by atoms with Gasteiger partial charge < -0.3 is 10.1 Å². The molecule has 0 radical (unpaired) electrons. The Balaban J connectivity index is 1.63. The van der Waals surface area contributed by atoms with Gasteiger partial charge in [0.05, 0.1) is 23.0 Å². The van der Waals surface area contributed by atoms with Gasteiger partial charge in [0.25, 0.3) is 5.69 Å². The number of carbonyl (C=O) groups excluding carboxylic acids is 1. The second kappa shape index (κ2) is 10.4. The Morgan fingerprint density at radius 3 is 2.46 bits per heavy atom. The van der Waals surface area contributed by atoms with E-state index in [1.807, 2.05) is 66.1 Å². The Bertz CT molecular complexity index is 1360. The van der Waals surface area contributed by atoms with Gasteiger partial charge in [0.15, 0.2) is 11.0 Å². The molecule has 1 atom stereocenters. The number of amides is 1. The van der Waals surface area contributed by atoms with Crippen molar-refractivity contribution < 1.29 is 14.5 Å². The molecule has 9 nitrogen and oxygen atoms in total. The molecule has 1 heterocycles. The molecule has 35 heavy (non-hydrogen) atoms. The number of benzene rings is 3. The molecule has 1 N–H and O–H groups in total. The Hall–Kier alpha value is -4.18. The van der Waals surface area contributed by atoms with Gasteiger partial charge in [0.2, 0.25) is 5.91 Å². The normalized spacial score (nSPS) is 11.6. The van der Waals surface area contributed by atoms with Gasteiger partial charge in [-0.15, -0.1) is 10.2 Å². The molecule has 10 heteroatoms. The summed E-state index contributed by atoms with van der Waals surface area (Å²) in [6.45, 7) is 3.75. The molecular formula is C25H23N5O4S. The van der Waals surface area contributed by atoms with Crippen LogP contribution < -0.4 is 10.1 Å². The lowest BCUT2D eigenvalue weighted by molar-refractivity contribution is -0.384. The Morgan fingerprint density at radius 2 is 1.80 bits per heavy atom. The molecule has 3 aromatic carbocycles. The zero-order valence-corrected chi connectivity index (χ0v) is 20.2. The number of nitrogens with zero attached hydrogens (tertiary/aromatic N) is 4. The molecule has 0 fully saturated rings. The van der Waals surface area contributed by atoms with Crippen LogP contribution >= 0.6 is 11.8 Å². The molecule has 0 spiro atoms. The lowest BCUT2D eigenvalue weighted by atomic mass is 10.2. The van der Waals surface area contributed by atoms with Crippen molar-refractivity contribution in [2.24, 2.45) is 0 Å². The number of nitrogens with one attached hydrogen (secondary N) is 1. The third-order valence-corrected chi connectivity index (χ3v) is 6.30. The summed E-state index contributed by atoms with van der Waals surface area (Å²) in [7, 11) is 1.43. The molecule has 0 aliphatic rings. The first-order valence-electron chi connectivity index (χ1n) is 10.7. The number of methoxy groups -OCH3 is 1. The summed E-state index contributed by atoms with van der Waals surface area (Å²) >= 11 is 1.24. The summed E-state index contributed by atoms with van der Waals surface area (Å²) < 4.78 is 7.16. The number of ether oxygens (including phenoxy) is 1. The van der Waals surface area contributed by atoms with Crippen LogP contribution in [0.25, 0.3) is 17.1 Å². The highest BCUT2D eigenvalue weighted by atomic mass is 32.2. The van der Waals surface area contributed by atoms with E-state index in [0.717, 1.165) is 16.8 Å². The van der Waals surface area contributed by atoms with E-state index in [1.54, 1.807) is 6.92 Å². The van der Waals surface area contributed by atoms with Crippen LogP contribution in [0.2, 0.25) is 0 Å². The molecule has 1 unspecified atom stereocenters. The van der Waals surface area contributed by atoms with E-state index >= 15 is 0 Å². The van der Waals surface area contributed by atoms with Gasteiger partial charge in [-0.2, -0.15) is 0 Å². The van der Waals surface area contributed by atoms with Gasteiger partial charge in [-0.05, 0) is 32.0 Å². The minimum absolute atomic E-state index is 0.145. The molecule has 1 amide bonds. The van der Waals surface area contributed by atoms with Crippen LogP contribution in [0.15, 0.2) is 78.0 Å². The van der Waals surface area contributed by atoms with E-state index in [4.69, 9.17) is 4.74 Å². The summed E-state index contributed by atoms with van der Waals surface area (Å²) in [4.78, 5) is 23.7. The van der Waals surface area contributed by atoms with E-state index in [0.29, 0.717) is 16.7 Å². The zero-order valence-electron chi connectivity index (χ0n) is 19.3. The fourth-order valence-corrected chi connectivity index (χ4v) is 4.27. The monoisotopic (exact) mass is 489 g/mol. The molecule has 4 rings (SSSR count). The molecule has 178 valence electrons. The molecule has 1 aromatic heterocycles. The first-order chi connectivity index (χ1) is 16.9. The van der Waals surface area contributed by atoms with Crippen LogP contribution in [0.3, 0.4) is 0 Å². The maximum Gasteiger partial charge on any atom is 0.271 e. The number of non-ortho nitro benzene ring substituents is 1. The average Bonchev–Trinajstić information content (AvgIpc) is 3.28. The highest BCUT2D eigenvalue weighted by Crippen LogP contribution is 2.32. The number of aromatic nitrogens is 3. The van der Waals surface area contributed by atoms with E-state index in [2.05, 4.69) is 15.5 Å². The summed E-state index contributed by atoms with van der Waals surface area (Å²) in [5, 5.41) is 22.6. The lowest BCUT2D eigenvalue weighted by Crippen LogP contribution is -2.23. The van der Waals surface area contributed by atoms with Crippen LogP contribution in [0.4, 0.5) is 11.4 Å². The maximum absolute atomic E-state index is 13.0. The number of thioether (sulfide) groups is 1. The van der Waals surface area contributed by atoms with Crippen LogP contribution in [-0.2, 0) is 4.79 Å². The number of nitro benzene ring substituents is 1. The largest absolute Gasteiger partial charge is 0.495 e. The predicted octanol–water partition coefficient (Wildman–Crippen LogP) is 5.28. The Labute approximate surface area is 206 Å². The van der Waals surface area contributed by atoms with Crippen molar-refractivity contribution >= 4 is 29.0 Å². The highest BCUT2D eigenvalue weighted by molar-refractivity contribution is 8.00. The van der Waals surface area contributed by atoms with Crippen molar-refractivity contribution in [1.82, 2.24) is 14.8 Å². The van der Waals surface area contributed by atoms with E-state index in [1.165, 1.54) is 37.1 Å². The van der Waals surface area contributed by atoms with Gasteiger partial charge in [0.1, 0.15) is 5.75 Å². The van der Waals surface area contributed by atoms with Crippen molar-refractivity contribution in [3.63, 3.8) is 0 Å². The van der Waals surface area contributed by atoms with Gasteiger partial charge in [-0.3, -0.25) is 19.5 Å². The Kier molecular flexibility index (Phi) is 7.11. The minimum Gasteiger partial charge on any atom is -0.495 e. The number of carbonyl (C=O) groups is 1. The van der Waals surface area contributed by atoms with Gasteiger partial charge >= 0.3 is 0 Å². The van der Waals surface area contributed by atoms with Crippen LogP contribution in [-0.4, -0.2) is 38.0 Å². The first kappa shape index (κ1) is 24.0. The number of hydrogen-bond donors (Lipinski definition) is 1. The van der Waals surface area contributed by atoms with Crippen LogP contribution in [0.5, 0.6) is 5.75 Å². The first-order valence-corrected chi connectivity index (χ1v) is 11.6. The number of nitro groups is 1. The fraction of sp³-hybridized carbons (Fsp3) is 0.160. The molecule has 0 aliphatic carbocycles. The van der Waals surface area contributed by atoms with E-state index in [-0.39, 0.29) is 17.3 Å². The second-order valence-electron chi connectivity index (χ2n) is 7.73. The van der Waals surface area contributed by atoms with Crippen LogP contribution in [0, 0.1) is 17.0 Å². The molecule has 4 aromatic rings. The minimum atomic E-state index is -0.587. The third-order valence-electron chi connectivity index (χ3n) is 5.26. The van der Waals surface area contributed by atoms with Gasteiger partial charge in [-0.25, -0.2) is 0 Å².